The summed E-state index contributed by atoms with van der Waals surface area (Å²) in [5.74, 6) is 1.05. The first-order valence-corrected chi connectivity index (χ1v) is 8.45. The average molecular weight is 299 g/mol. The predicted molar refractivity (Wildman–Crippen MR) is 94.4 cm³/mol. The highest BCUT2D eigenvalue weighted by atomic mass is 32.2. The zero-order valence-electron chi connectivity index (χ0n) is 13.7. The fourth-order valence-electron chi connectivity index (χ4n) is 2.58. The van der Waals surface area contributed by atoms with Crippen LogP contribution in [0.3, 0.4) is 0 Å². The van der Waals surface area contributed by atoms with Crippen molar-refractivity contribution in [1.82, 2.24) is 5.32 Å². The molecule has 0 aliphatic rings. The molecule has 1 nitrogen and oxygen atoms in total. The van der Waals surface area contributed by atoms with Gasteiger partial charge >= 0.3 is 0 Å². The van der Waals surface area contributed by atoms with E-state index in [4.69, 9.17) is 0 Å². The van der Waals surface area contributed by atoms with Crippen LogP contribution in [0.25, 0.3) is 0 Å². The second-order valence-corrected chi connectivity index (χ2v) is 6.77. The Morgan fingerprint density at radius 3 is 2.24 bits per heavy atom. The first-order valence-electron chi connectivity index (χ1n) is 7.46. The minimum atomic E-state index is 0.383. The van der Waals surface area contributed by atoms with Gasteiger partial charge in [-0.25, -0.2) is 0 Å². The average Bonchev–Trinajstić information content (AvgIpc) is 2.46. The van der Waals surface area contributed by atoms with Gasteiger partial charge in [-0.1, -0.05) is 30.3 Å². The van der Waals surface area contributed by atoms with Crippen molar-refractivity contribution in [2.45, 2.75) is 38.6 Å². The number of hydrogen-bond donors (Lipinski definition) is 1. The summed E-state index contributed by atoms with van der Waals surface area (Å²) in [6.45, 7) is 8.77. The summed E-state index contributed by atoms with van der Waals surface area (Å²) in [4.78, 5) is 1.37. The highest BCUT2D eigenvalue weighted by Gasteiger charge is 2.14. The maximum atomic E-state index is 3.47. The van der Waals surface area contributed by atoms with Gasteiger partial charge in [-0.2, -0.15) is 0 Å². The summed E-state index contributed by atoms with van der Waals surface area (Å²) < 4.78 is 0. The predicted octanol–water partition coefficient (Wildman–Crippen LogP) is 4.97. The van der Waals surface area contributed by atoms with Gasteiger partial charge in [0.2, 0.25) is 0 Å². The second-order valence-electron chi connectivity index (χ2n) is 5.71. The number of aryl methyl sites for hydroxylation is 4. The zero-order chi connectivity index (χ0) is 15.4. The van der Waals surface area contributed by atoms with E-state index in [1.54, 1.807) is 0 Å². The van der Waals surface area contributed by atoms with Gasteiger partial charge in [-0.05, 0) is 68.6 Å². The van der Waals surface area contributed by atoms with Crippen molar-refractivity contribution < 1.29 is 0 Å². The molecule has 0 amide bonds. The lowest BCUT2D eigenvalue weighted by Gasteiger charge is -2.20. The highest BCUT2D eigenvalue weighted by Crippen LogP contribution is 2.29. The van der Waals surface area contributed by atoms with Crippen LogP contribution in [-0.4, -0.2) is 12.8 Å². The molecule has 2 aromatic rings. The van der Waals surface area contributed by atoms with Crippen LogP contribution in [-0.2, 0) is 0 Å². The Hall–Kier alpha value is -1.25. The molecule has 2 aromatic carbocycles. The minimum Gasteiger partial charge on any atom is -0.312 e. The van der Waals surface area contributed by atoms with E-state index in [1.165, 1.54) is 32.7 Å². The van der Waals surface area contributed by atoms with Crippen LogP contribution >= 0.6 is 11.8 Å². The Bertz CT molecular complexity index is 619. The Morgan fingerprint density at radius 2 is 1.57 bits per heavy atom. The van der Waals surface area contributed by atoms with E-state index in [9.17, 15) is 0 Å². The first-order chi connectivity index (χ1) is 10.0. The van der Waals surface area contributed by atoms with Crippen LogP contribution in [0.4, 0.5) is 0 Å². The maximum Gasteiger partial charge on any atom is 0.0415 e. The van der Waals surface area contributed by atoms with Crippen molar-refractivity contribution in [3.63, 3.8) is 0 Å². The third-order valence-electron chi connectivity index (χ3n) is 4.11. The summed E-state index contributed by atoms with van der Waals surface area (Å²) in [5.41, 5.74) is 6.90. The molecule has 2 heteroatoms. The molecule has 2 rings (SSSR count). The molecule has 0 saturated heterocycles. The standard InChI is InChI=1S/C19H25NS/c1-13-8-6-7-9-19(13)21-12-18(20-5)17-11-15(3)14(2)10-16(17)4/h6-11,18,20H,12H2,1-5H3. The van der Waals surface area contributed by atoms with Crippen LogP contribution in [0.1, 0.15) is 33.9 Å². The smallest absolute Gasteiger partial charge is 0.0415 e. The van der Waals surface area contributed by atoms with Crippen LogP contribution in [0.15, 0.2) is 41.3 Å². The monoisotopic (exact) mass is 299 g/mol. The quantitative estimate of drug-likeness (QED) is 0.782. The Kier molecular flexibility index (Phi) is 5.49. The SMILES string of the molecule is CNC(CSc1ccccc1C)c1cc(C)c(C)cc1C. The van der Waals surface area contributed by atoms with Crippen molar-refractivity contribution in [2.24, 2.45) is 0 Å². The van der Waals surface area contributed by atoms with Gasteiger partial charge < -0.3 is 5.32 Å². The number of benzene rings is 2. The molecule has 0 aliphatic heterocycles. The van der Waals surface area contributed by atoms with E-state index in [2.05, 4.69) is 76.5 Å². The lowest BCUT2D eigenvalue weighted by atomic mass is 9.96. The van der Waals surface area contributed by atoms with E-state index < -0.39 is 0 Å². The van der Waals surface area contributed by atoms with Crippen LogP contribution in [0.5, 0.6) is 0 Å². The van der Waals surface area contributed by atoms with E-state index >= 15 is 0 Å². The highest BCUT2D eigenvalue weighted by molar-refractivity contribution is 7.99. The van der Waals surface area contributed by atoms with Gasteiger partial charge in [0.1, 0.15) is 0 Å². The van der Waals surface area contributed by atoms with Gasteiger partial charge in [0.25, 0.3) is 0 Å². The van der Waals surface area contributed by atoms with E-state index in [0.29, 0.717) is 6.04 Å². The minimum absolute atomic E-state index is 0.383. The molecule has 0 aromatic heterocycles. The molecule has 1 atom stereocenters. The summed E-state index contributed by atoms with van der Waals surface area (Å²) in [7, 11) is 2.05. The molecule has 112 valence electrons. The molecule has 0 radical (unpaired) electrons. The normalized spacial score (nSPS) is 12.4. The van der Waals surface area contributed by atoms with Crippen molar-refractivity contribution in [3.05, 3.63) is 64.2 Å². The summed E-state index contributed by atoms with van der Waals surface area (Å²) in [6.07, 6.45) is 0. The fraction of sp³-hybridized carbons (Fsp3) is 0.368. The largest absolute Gasteiger partial charge is 0.312 e. The van der Waals surface area contributed by atoms with Crippen LogP contribution in [0, 0.1) is 27.7 Å². The van der Waals surface area contributed by atoms with Crippen molar-refractivity contribution in [3.8, 4) is 0 Å². The number of nitrogens with one attached hydrogen (secondary N) is 1. The molecule has 0 aliphatic carbocycles. The van der Waals surface area contributed by atoms with E-state index in [1.807, 2.05) is 11.8 Å². The van der Waals surface area contributed by atoms with Gasteiger partial charge in [-0.15, -0.1) is 11.8 Å². The number of thioether (sulfide) groups is 1. The third kappa shape index (κ3) is 3.90. The zero-order valence-corrected chi connectivity index (χ0v) is 14.5. The van der Waals surface area contributed by atoms with E-state index in [-0.39, 0.29) is 0 Å². The first kappa shape index (κ1) is 16.1. The Balaban J connectivity index is 2.17. The van der Waals surface area contributed by atoms with E-state index in [0.717, 1.165) is 5.75 Å². The summed E-state index contributed by atoms with van der Waals surface area (Å²) >= 11 is 1.93. The lowest BCUT2D eigenvalue weighted by Crippen LogP contribution is -2.20. The molecule has 0 heterocycles. The molecule has 1 N–H and O–H groups in total. The molecule has 21 heavy (non-hydrogen) atoms. The molecular weight excluding hydrogens is 274 g/mol. The molecular formula is C19H25NS. The number of hydrogen-bond acceptors (Lipinski definition) is 2. The topological polar surface area (TPSA) is 12.0 Å². The van der Waals surface area contributed by atoms with Gasteiger partial charge in [-0.3, -0.25) is 0 Å². The summed E-state index contributed by atoms with van der Waals surface area (Å²) in [5, 5.41) is 3.47. The van der Waals surface area contributed by atoms with Gasteiger partial charge in [0, 0.05) is 16.7 Å². The van der Waals surface area contributed by atoms with Gasteiger partial charge in [0.05, 0.1) is 0 Å². The fourth-order valence-corrected chi connectivity index (χ4v) is 3.74. The molecule has 0 saturated carbocycles. The lowest BCUT2D eigenvalue weighted by molar-refractivity contribution is 0.657. The van der Waals surface area contributed by atoms with Crippen molar-refractivity contribution >= 4 is 11.8 Å². The third-order valence-corrected chi connectivity index (χ3v) is 5.37. The number of rotatable bonds is 5. The maximum absolute atomic E-state index is 3.47. The van der Waals surface area contributed by atoms with Gasteiger partial charge in [0.15, 0.2) is 0 Å². The Labute approximate surface area is 133 Å². The molecule has 0 spiro atoms. The van der Waals surface area contributed by atoms with Crippen LogP contribution < -0.4 is 5.32 Å². The molecule has 0 fully saturated rings. The molecule has 1 unspecified atom stereocenters. The van der Waals surface area contributed by atoms with Crippen molar-refractivity contribution in [1.29, 1.82) is 0 Å². The molecule has 0 bridgehead atoms. The van der Waals surface area contributed by atoms with Crippen molar-refractivity contribution in [2.75, 3.05) is 12.8 Å². The van der Waals surface area contributed by atoms with Crippen LogP contribution in [0.2, 0.25) is 0 Å². The summed E-state index contributed by atoms with van der Waals surface area (Å²) in [6, 6.07) is 13.6. The Morgan fingerprint density at radius 1 is 0.905 bits per heavy atom. The second kappa shape index (κ2) is 7.15.